The van der Waals surface area contributed by atoms with Crippen LogP contribution in [0, 0.1) is 0 Å². The highest BCUT2D eigenvalue weighted by Gasteiger charge is 2.21. The van der Waals surface area contributed by atoms with Crippen LogP contribution in [-0.4, -0.2) is 44.2 Å². The maximum atomic E-state index is 12.9. The fourth-order valence-corrected chi connectivity index (χ4v) is 4.94. The fraction of sp³-hybridized carbons (Fsp3) is 0.231. The van der Waals surface area contributed by atoms with Crippen LogP contribution in [0.25, 0.3) is 10.9 Å². The molecule has 0 atom stereocenters. The molecule has 5 rings (SSSR count). The Kier molecular flexibility index (Phi) is 6.14. The summed E-state index contributed by atoms with van der Waals surface area (Å²) in [6, 6.07) is 19.1. The number of hydrogen-bond acceptors (Lipinski definition) is 4. The Labute approximate surface area is 205 Å². The van der Waals surface area contributed by atoms with E-state index in [2.05, 4.69) is 27.4 Å². The van der Waals surface area contributed by atoms with Gasteiger partial charge in [-0.3, -0.25) is 18.6 Å². The predicted molar refractivity (Wildman–Crippen MR) is 141 cm³/mol. The molecule has 0 fully saturated rings. The Morgan fingerprint density at radius 1 is 1.11 bits per heavy atom. The van der Waals surface area contributed by atoms with E-state index in [-0.39, 0.29) is 5.91 Å². The highest BCUT2D eigenvalue weighted by Crippen LogP contribution is 2.43. The molecule has 1 aromatic heterocycles. The van der Waals surface area contributed by atoms with Crippen LogP contribution in [0.15, 0.2) is 71.8 Å². The van der Waals surface area contributed by atoms with Crippen molar-refractivity contribution >= 4 is 38.8 Å². The van der Waals surface area contributed by atoms with Gasteiger partial charge in [-0.1, -0.05) is 12.1 Å². The van der Waals surface area contributed by atoms with E-state index in [9.17, 15) is 4.79 Å². The van der Waals surface area contributed by atoms with Gasteiger partial charge >= 0.3 is 0 Å². The number of hydrogen-bond donors (Lipinski definition) is 1. The average Bonchev–Trinajstić information content (AvgIpc) is 3.08. The summed E-state index contributed by atoms with van der Waals surface area (Å²) in [5.41, 5.74) is 4.43. The largest absolute Gasteiger partial charge is 0.491 e. The van der Waals surface area contributed by atoms with Gasteiger partial charge in [0, 0.05) is 43.0 Å². The molecule has 0 unspecified atom stereocenters. The summed E-state index contributed by atoms with van der Waals surface area (Å²) < 4.78 is 23.6. The van der Waals surface area contributed by atoms with Gasteiger partial charge in [-0.25, -0.2) is 0 Å². The summed E-state index contributed by atoms with van der Waals surface area (Å²) in [6.45, 7) is 1.77. The second-order valence-electron chi connectivity index (χ2n) is 8.83. The highest BCUT2D eigenvalue weighted by molar-refractivity contribution is 8.23. The summed E-state index contributed by atoms with van der Waals surface area (Å²) in [4.78, 5) is 15.8. The van der Waals surface area contributed by atoms with Crippen molar-refractivity contribution in [2.75, 3.05) is 24.3 Å². The minimum absolute atomic E-state index is 0.176. The Morgan fingerprint density at radius 2 is 1.91 bits per heavy atom. The van der Waals surface area contributed by atoms with Gasteiger partial charge in [0.25, 0.3) is 5.91 Å². The number of rotatable bonds is 5. The lowest BCUT2D eigenvalue weighted by atomic mass is 10.1. The molecule has 8 nitrogen and oxygen atoms in total. The molecule has 3 aromatic carbocycles. The van der Waals surface area contributed by atoms with Crippen LogP contribution in [0.5, 0.6) is 5.75 Å². The maximum Gasteiger partial charge on any atom is 0.251 e. The van der Waals surface area contributed by atoms with E-state index in [1.54, 1.807) is 18.4 Å². The third-order valence-electron chi connectivity index (χ3n) is 6.06. The molecule has 9 heteroatoms. The summed E-state index contributed by atoms with van der Waals surface area (Å²) in [5, 5.41) is 8.50. The molecule has 1 amide bonds. The fourth-order valence-electron chi connectivity index (χ4n) is 4.26. The van der Waals surface area contributed by atoms with E-state index in [1.807, 2.05) is 54.3 Å². The first-order chi connectivity index (χ1) is 16.8. The number of aromatic nitrogens is 2. The van der Waals surface area contributed by atoms with Crippen LogP contribution in [-0.2, 0) is 13.6 Å². The average molecular weight is 495 g/mol. The SMILES string of the molecule is Cn1cc2cc(N3CCCOc4cc(C(=O)NCc5ccc(S(C)([OH2+])[OH2+])cc5)ccc43)ccc2n1. The first kappa shape index (κ1) is 23.2. The molecule has 0 saturated carbocycles. The van der Waals surface area contributed by atoms with Crippen LogP contribution in [0.4, 0.5) is 11.4 Å². The normalized spacial score (nSPS) is 14.2. The van der Waals surface area contributed by atoms with Crippen LogP contribution >= 0.6 is 10.6 Å². The van der Waals surface area contributed by atoms with Crippen LogP contribution in [0.3, 0.4) is 0 Å². The number of nitrogens with zero attached hydrogens (tertiary/aromatic N) is 3. The number of ether oxygens (including phenoxy) is 1. The number of amides is 1. The molecule has 35 heavy (non-hydrogen) atoms. The zero-order chi connectivity index (χ0) is 24.6. The lowest BCUT2D eigenvalue weighted by Crippen LogP contribution is -2.23. The number of carbonyl (C=O) groups excluding carboxylic acids is 1. The molecule has 0 aliphatic carbocycles. The standard InChI is InChI=1S/C26H28N4O4S/c1-29-17-20-14-21(7-10-23(20)28-29)30-12-3-13-34-25-15-19(6-11-24(25)30)26(31)27-16-18-4-8-22(9-5-18)35(2,32)33/h4-11,14-15,17,32-33H,3,12-13,16H2,1-2H3,(H,27,31)/p+2. The molecule has 2 heterocycles. The Morgan fingerprint density at radius 3 is 2.69 bits per heavy atom. The number of aryl methyl sites for hydroxylation is 1. The van der Waals surface area contributed by atoms with Gasteiger partial charge in [-0.2, -0.15) is 5.10 Å². The summed E-state index contributed by atoms with van der Waals surface area (Å²) in [5.74, 6) is 0.517. The van der Waals surface area contributed by atoms with Gasteiger partial charge in [-0.15, -0.1) is 0 Å². The van der Waals surface area contributed by atoms with Crippen molar-refractivity contribution in [3.8, 4) is 5.75 Å². The first-order valence-electron chi connectivity index (χ1n) is 11.4. The van der Waals surface area contributed by atoms with E-state index in [0.29, 0.717) is 29.4 Å². The zero-order valence-electron chi connectivity index (χ0n) is 19.7. The Balaban J connectivity index is 1.34. The molecule has 1 aliphatic rings. The van der Waals surface area contributed by atoms with E-state index in [1.165, 1.54) is 0 Å². The maximum absolute atomic E-state index is 12.9. The molecule has 4 aromatic rings. The predicted octanol–water partition coefficient (Wildman–Crippen LogP) is 3.50. The summed E-state index contributed by atoms with van der Waals surface area (Å²) >= 11 is 0. The number of anilines is 2. The van der Waals surface area contributed by atoms with Gasteiger partial charge in [0.2, 0.25) is 0 Å². The monoisotopic (exact) mass is 494 g/mol. The van der Waals surface area contributed by atoms with E-state index in [4.69, 9.17) is 13.8 Å². The van der Waals surface area contributed by atoms with E-state index < -0.39 is 10.6 Å². The molecular formula is C26H30N4O4S+2. The number of benzene rings is 3. The summed E-state index contributed by atoms with van der Waals surface area (Å²) in [6.07, 6.45) is 4.49. The van der Waals surface area contributed by atoms with E-state index >= 15 is 0 Å². The second kappa shape index (κ2) is 9.26. The molecule has 5 N–H and O–H groups in total. The molecule has 0 radical (unpaired) electrons. The number of fused-ring (bicyclic) bond motifs is 2. The van der Waals surface area contributed by atoms with Gasteiger partial charge < -0.3 is 15.0 Å². The van der Waals surface area contributed by atoms with Crippen molar-refractivity contribution in [2.24, 2.45) is 7.05 Å². The van der Waals surface area contributed by atoms with Gasteiger partial charge in [0.15, 0.2) is 0 Å². The minimum Gasteiger partial charge on any atom is -0.491 e. The van der Waals surface area contributed by atoms with Crippen molar-refractivity contribution in [3.05, 3.63) is 78.0 Å². The minimum atomic E-state index is -2.25. The Bertz CT molecular complexity index is 1380. The van der Waals surface area contributed by atoms with Crippen LogP contribution in [0.1, 0.15) is 22.3 Å². The lowest BCUT2D eigenvalue weighted by molar-refractivity contribution is 0.0950. The van der Waals surface area contributed by atoms with Crippen molar-refractivity contribution in [1.29, 1.82) is 0 Å². The third-order valence-corrected chi connectivity index (χ3v) is 7.27. The molecule has 182 valence electrons. The van der Waals surface area contributed by atoms with Gasteiger partial charge in [-0.05, 0) is 71.1 Å². The van der Waals surface area contributed by atoms with Gasteiger partial charge in [0.05, 0.1) is 17.8 Å². The lowest BCUT2D eigenvalue weighted by Gasteiger charge is -2.24. The highest BCUT2D eigenvalue weighted by atomic mass is 32.3. The molecule has 0 saturated heterocycles. The third kappa shape index (κ3) is 4.97. The van der Waals surface area contributed by atoms with Crippen molar-refractivity contribution in [2.45, 2.75) is 17.9 Å². The molecular weight excluding hydrogens is 464 g/mol. The van der Waals surface area contributed by atoms with Crippen LogP contribution < -0.4 is 15.0 Å². The quantitative estimate of drug-likeness (QED) is 0.429. The van der Waals surface area contributed by atoms with Crippen LogP contribution in [0.2, 0.25) is 0 Å². The van der Waals surface area contributed by atoms with E-state index in [0.717, 1.165) is 40.8 Å². The second-order valence-corrected chi connectivity index (χ2v) is 11.1. The smallest absolute Gasteiger partial charge is 0.251 e. The van der Waals surface area contributed by atoms with Crippen molar-refractivity contribution in [1.82, 2.24) is 15.1 Å². The molecule has 0 bridgehead atoms. The Hall–Kier alpha value is -3.53. The topological polar surface area (TPSA) is 105 Å². The number of carbonyl (C=O) groups is 1. The van der Waals surface area contributed by atoms with Gasteiger partial charge in [0.1, 0.15) is 16.9 Å². The van der Waals surface area contributed by atoms with Crippen molar-refractivity contribution in [3.63, 3.8) is 0 Å². The van der Waals surface area contributed by atoms with Crippen molar-refractivity contribution < 1.29 is 18.6 Å². The molecule has 0 spiro atoms. The molecule has 1 aliphatic heterocycles. The first-order valence-corrected chi connectivity index (χ1v) is 13.4. The summed E-state index contributed by atoms with van der Waals surface area (Å²) in [7, 11) is -0.331. The zero-order valence-corrected chi connectivity index (χ0v) is 20.6. The number of nitrogens with one attached hydrogen (secondary N) is 1.